The van der Waals surface area contributed by atoms with E-state index >= 15 is 0 Å². The third-order valence-electron chi connectivity index (χ3n) is 2.18. The van der Waals surface area contributed by atoms with Crippen molar-refractivity contribution in [3.05, 3.63) is 0 Å². The zero-order chi connectivity index (χ0) is 11.2. The first-order valence-corrected chi connectivity index (χ1v) is 4.81. The lowest BCUT2D eigenvalue weighted by atomic mass is 9.97. The van der Waals surface area contributed by atoms with Gasteiger partial charge in [0.15, 0.2) is 0 Å². The van der Waals surface area contributed by atoms with E-state index in [1.54, 1.807) is 7.11 Å². The first-order chi connectivity index (χ1) is 6.41. The second-order valence-corrected chi connectivity index (χ2v) is 4.17. The van der Waals surface area contributed by atoms with E-state index in [4.69, 9.17) is 9.47 Å². The molecule has 0 rings (SSSR count). The predicted molar refractivity (Wildman–Crippen MR) is 54.2 cm³/mol. The predicted octanol–water partition coefficient (Wildman–Crippen LogP) is 0.560. The van der Waals surface area contributed by atoms with Gasteiger partial charge in [-0.25, -0.2) is 0 Å². The quantitative estimate of drug-likeness (QED) is 0.639. The lowest BCUT2D eigenvalue weighted by Crippen LogP contribution is -2.31. The fourth-order valence-corrected chi connectivity index (χ4v) is 1.31. The molecule has 0 bridgehead atoms. The number of methoxy groups -OCH3 is 2. The molecule has 2 atom stereocenters. The van der Waals surface area contributed by atoms with E-state index in [0.717, 1.165) is 0 Å². The van der Waals surface area contributed by atoms with Crippen molar-refractivity contribution >= 4 is 0 Å². The van der Waals surface area contributed by atoms with E-state index in [9.17, 15) is 10.2 Å². The minimum atomic E-state index is -0.609. The summed E-state index contributed by atoms with van der Waals surface area (Å²) >= 11 is 0. The van der Waals surface area contributed by atoms with Crippen LogP contribution in [0, 0.1) is 0 Å². The molecule has 0 saturated carbocycles. The Labute approximate surface area is 85.8 Å². The van der Waals surface area contributed by atoms with Gasteiger partial charge in [0.2, 0.25) is 0 Å². The van der Waals surface area contributed by atoms with Gasteiger partial charge in [-0.3, -0.25) is 0 Å². The Kier molecular flexibility index (Phi) is 6.27. The molecule has 4 heteroatoms. The molecule has 4 nitrogen and oxygen atoms in total. The van der Waals surface area contributed by atoms with Gasteiger partial charge in [0.1, 0.15) is 0 Å². The van der Waals surface area contributed by atoms with Crippen LogP contribution in [0.3, 0.4) is 0 Å². The van der Waals surface area contributed by atoms with Crippen LogP contribution in [0.2, 0.25) is 0 Å². The monoisotopic (exact) mass is 206 g/mol. The molecule has 0 spiro atoms. The number of hydrogen-bond donors (Lipinski definition) is 2. The summed E-state index contributed by atoms with van der Waals surface area (Å²) in [4.78, 5) is 0. The van der Waals surface area contributed by atoms with E-state index in [1.165, 1.54) is 7.11 Å². The number of hydrogen-bond acceptors (Lipinski definition) is 4. The Morgan fingerprint density at radius 1 is 1.14 bits per heavy atom. The van der Waals surface area contributed by atoms with Crippen molar-refractivity contribution in [2.24, 2.45) is 0 Å². The molecule has 2 unspecified atom stereocenters. The first kappa shape index (κ1) is 13.8. The maximum atomic E-state index is 9.62. The lowest BCUT2D eigenvalue weighted by molar-refractivity contribution is -0.0378. The van der Waals surface area contributed by atoms with Gasteiger partial charge in [0, 0.05) is 27.1 Å². The Hall–Kier alpha value is -0.160. The summed E-state index contributed by atoms with van der Waals surface area (Å²) in [5.74, 6) is 0. The van der Waals surface area contributed by atoms with Crippen LogP contribution in [0.4, 0.5) is 0 Å². The molecule has 0 heterocycles. The molecule has 0 aliphatic heterocycles. The van der Waals surface area contributed by atoms with Crippen molar-refractivity contribution in [2.45, 2.75) is 44.5 Å². The third-order valence-corrected chi connectivity index (χ3v) is 2.18. The molecule has 0 radical (unpaired) electrons. The molecule has 0 aromatic carbocycles. The summed E-state index contributed by atoms with van der Waals surface area (Å²) in [6.45, 7) is 4.06. The van der Waals surface area contributed by atoms with Crippen LogP contribution in [-0.4, -0.2) is 48.8 Å². The molecule has 2 N–H and O–H groups in total. The van der Waals surface area contributed by atoms with Crippen molar-refractivity contribution in [3.8, 4) is 0 Å². The Bertz CT molecular complexity index is 147. The van der Waals surface area contributed by atoms with E-state index in [2.05, 4.69) is 0 Å². The standard InChI is InChI=1S/C10H22O4/c1-10(2,14-4)6-8(11)5-9(12)7-13-3/h8-9,11-12H,5-7H2,1-4H3. The maximum absolute atomic E-state index is 9.62. The summed E-state index contributed by atoms with van der Waals surface area (Å²) < 4.78 is 9.95. The summed E-state index contributed by atoms with van der Waals surface area (Å²) in [6, 6.07) is 0. The average Bonchev–Trinajstić information content (AvgIpc) is 2.03. The molecule has 0 amide bonds. The van der Waals surface area contributed by atoms with Crippen LogP contribution >= 0.6 is 0 Å². The smallest absolute Gasteiger partial charge is 0.0798 e. The Morgan fingerprint density at radius 2 is 1.71 bits per heavy atom. The van der Waals surface area contributed by atoms with Gasteiger partial charge >= 0.3 is 0 Å². The maximum Gasteiger partial charge on any atom is 0.0798 e. The van der Waals surface area contributed by atoms with Crippen LogP contribution in [0.15, 0.2) is 0 Å². The van der Waals surface area contributed by atoms with E-state index in [0.29, 0.717) is 12.8 Å². The van der Waals surface area contributed by atoms with Gasteiger partial charge in [-0.2, -0.15) is 0 Å². The number of aliphatic hydroxyl groups excluding tert-OH is 2. The van der Waals surface area contributed by atoms with Gasteiger partial charge in [0.05, 0.1) is 24.4 Å². The summed E-state index contributed by atoms with van der Waals surface area (Å²) in [5.41, 5.74) is -0.355. The number of aliphatic hydroxyl groups is 2. The van der Waals surface area contributed by atoms with Crippen LogP contribution in [0.25, 0.3) is 0 Å². The van der Waals surface area contributed by atoms with Crippen molar-refractivity contribution in [1.82, 2.24) is 0 Å². The zero-order valence-corrected chi connectivity index (χ0v) is 9.49. The van der Waals surface area contributed by atoms with Crippen LogP contribution in [0.5, 0.6) is 0 Å². The van der Waals surface area contributed by atoms with Crippen molar-refractivity contribution < 1.29 is 19.7 Å². The first-order valence-electron chi connectivity index (χ1n) is 4.81. The molecule has 14 heavy (non-hydrogen) atoms. The highest BCUT2D eigenvalue weighted by atomic mass is 16.5. The zero-order valence-electron chi connectivity index (χ0n) is 9.49. The normalized spacial score (nSPS) is 16.7. The minimum absolute atomic E-state index is 0.254. The molecule has 0 aromatic rings. The topological polar surface area (TPSA) is 58.9 Å². The fourth-order valence-electron chi connectivity index (χ4n) is 1.31. The Morgan fingerprint density at radius 3 is 2.14 bits per heavy atom. The van der Waals surface area contributed by atoms with E-state index in [-0.39, 0.29) is 12.2 Å². The van der Waals surface area contributed by atoms with Gasteiger partial charge in [-0.05, 0) is 13.8 Å². The highest BCUT2D eigenvalue weighted by Crippen LogP contribution is 2.18. The summed E-state index contributed by atoms with van der Waals surface area (Å²) in [6.07, 6.45) is -0.344. The molecule has 0 aromatic heterocycles. The van der Waals surface area contributed by atoms with Gasteiger partial charge in [0.25, 0.3) is 0 Å². The molecular weight excluding hydrogens is 184 g/mol. The SMILES string of the molecule is COCC(O)CC(O)CC(C)(C)OC. The van der Waals surface area contributed by atoms with Crippen molar-refractivity contribution in [3.63, 3.8) is 0 Å². The van der Waals surface area contributed by atoms with Gasteiger partial charge in [-0.1, -0.05) is 0 Å². The molecule has 0 saturated heterocycles. The molecule has 0 aliphatic carbocycles. The summed E-state index contributed by atoms with van der Waals surface area (Å²) in [7, 11) is 3.13. The van der Waals surface area contributed by atoms with Crippen LogP contribution in [-0.2, 0) is 9.47 Å². The Balaban J connectivity index is 3.79. The number of rotatable bonds is 7. The summed E-state index contributed by atoms with van der Waals surface area (Å²) in [5, 5.41) is 19.0. The third kappa shape index (κ3) is 6.32. The minimum Gasteiger partial charge on any atom is -0.393 e. The van der Waals surface area contributed by atoms with Crippen LogP contribution in [0.1, 0.15) is 26.7 Å². The van der Waals surface area contributed by atoms with E-state index in [1.807, 2.05) is 13.8 Å². The molecule has 86 valence electrons. The van der Waals surface area contributed by atoms with Crippen molar-refractivity contribution in [1.29, 1.82) is 0 Å². The molecule has 0 aliphatic rings. The van der Waals surface area contributed by atoms with Crippen LogP contribution < -0.4 is 0 Å². The highest BCUT2D eigenvalue weighted by Gasteiger charge is 2.23. The second kappa shape index (κ2) is 6.35. The average molecular weight is 206 g/mol. The molecule has 0 fully saturated rings. The molecular formula is C10H22O4. The van der Waals surface area contributed by atoms with E-state index < -0.39 is 12.2 Å². The fraction of sp³-hybridized carbons (Fsp3) is 1.00. The largest absolute Gasteiger partial charge is 0.393 e. The second-order valence-electron chi connectivity index (χ2n) is 4.17. The van der Waals surface area contributed by atoms with Gasteiger partial charge in [-0.15, -0.1) is 0 Å². The van der Waals surface area contributed by atoms with Crippen molar-refractivity contribution in [2.75, 3.05) is 20.8 Å². The van der Waals surface area contributed by atoms with Gasteiger partial charge < -0.3 is 19.7 Å². The highest BCUT2D eigenvalue weighted by molar-refractivity contribution is 4.75. The number of ether oxygens (including phenoxy) is 2. The lowest BCUT2D eigenvalue weighted by Gasteiger charge is -2.26.